The molecule has 20 heavy (non-hydrogen) atoms. The number of hydrogen-bond acceptors (Lipinski definition) is 3. The minimum atomic E-state index is -0.405. The summed E-state index contributed by atoms with van der Waals surface area (Å²) in [5, 5.41) is 10.4. The predicted molar refractivity (Wildman–Crippen MR) is 83.0 cm³/mol. The van der Waals surface area contributed by atoms with Crippen LogP contribution in [-0.2, 0) is 0 Å². The van der Waals surface area contributed by atoms with Gasteiger partial charge in [-0.2, -0.15) is 0 Å². The summed E-state index contributed by atoms with van der Waals surface area (Å²) in [6.07, 6.45) is 2.30. The number of fused-ring (bicyclic) bond motifs is 1. The zero-order valence-corrected chi connectivity index (χ0v) is 13.7. The Bertz CT molecular complexity index is 495. The average molecular weight is 340 g/mol. The van der Waals surface area contributed by atoms with Crippen molar-refractivity contribution in [1.82, 2.24) is 4.90 Å². The van der Waals surface area contributed by atoms with Crippen molar-refractivity contribution in [2.75, 3.05) is 13.1 Å². The number of aliphatic hydroxyl groups is 1. The Morgan fingerprint density at radius 2 is 2.05 bits per heavy atom. The summed E-state index contributed by atoms with van der Waals surface area (Å²) < 4.78 is 7.32. The molecule has 0 aliphatic carbocycles. The van der Waals surface area contributed by atoms with E-state index in [2.05, 4.69) is 34.7 Å². The van der Waals surface area contributed by atoms with Gasteiger partial charge in [0.25, 0.3) is 0 Å². The Balaban J connectivity index is 1.81. The number of nitrogens with zero attached hydrogens (tertiary/aromatic N) is 1. The van der Waals surface area contributed by atoms with E-state index in [1.807, 2.05) is 18.2 Å². The van der Waals surface area contributed by atoms with Crippen molar-refractivity contribution in [3.05, 3.63) is 28.2 Å². The molecule has 0 amide bonds. The molecule has 0 bridgehead atoms. The average Bonchev–Trinajstić information content (AvgIpc) is 2.38. The number of likely N-dealkylation sites (tertiary alicyclic amines) is 1. The zero-order valence-electron chi connectivity index (χ0n) is 12.1. The summed E-state index contributed by atoms with van der Waals surface area (Å²) in [6, 6.07) is 6.49. The van der Waals surface area contributed by atoms with Crippen LogP contribution in [0.15, 0.2) is 22.7 Å². The monoisotopic (exact) mass is 339 g/mol. The second-order valence-corrected chi connectivity index (χ2v) is 7.23. The Kier molecular flexibility index (Phi) is 3.82. The molecule has 1 saturated heterocycles. The molecule has 1 spiro atoms. The Hall–Kier alpha value is -0.580. The van der Waals surface area contributed by atoms with Crippen LogP contribution in [0.5, 0.6) is 5.75 Å². The lowest BCUT2D eigenvalue weighted by Crippen LogP contribution is -2.51. The minimum absolute atomic E-state index is 0.182. The maximum Gasteiger partial charge on any atom is 0.127 e. The topological polar surface area (TPSA) is 32.7 Å². The summed E-state index contributed by atoms with van der Waals surface area (Å²) >= 11 is 3.48. The molecule has 1 atom stereocenters. The highest BCUT2D eigenvalue weighted by molar-refractivity contribution is 9.10. The summed E-state index contributed by atoms with van der Waals surface area (Å²) in [5.74, 6) is 0.844. The molecule has 0 aromatic heterocycles. The molecule has 1 aromatic carbocycles. The van der Waals surface area contributed by atoms with Gasteiger partial charge in [0.05, 0.1) is 6.10 Å². The van der Waals surface area contributed by atoms with E-state index < -0.39 is 6.10 Å². The Morgan fingerprint density at radius 3 is 2.70 bits per heavy atom. The lowest BCUT2D eigenvalue weighted by molar-refractivity contribution is -0.0580. The van der Waals surface area contributed by atoms with Crippen LogP contribution < -0.4 is 4.74 Å². The van der Waals surface area contributed by atoms with E-state index in [0.717, 1.165) is 41.7 Å². The van der Waals surface area contributed by atoms with E-state index in [4.69, 9.17) is 4.74 Å². The van der Waals surface area contributed by atoms with Crippen LogP contribution in [0.3, 0.4) is 0 Å². The van der Waals surface area contributed by atoms with E-state index in [9.17, 15) is 5.11 Å². The third-order valence-electron chi connectivity index (χ3n) is 4.67. The van der Waals surface area contributed by atoms with Crippen molar-refractivity contribution >= 4 is 15.9 Å². The molecule has 2 aliphatic rings. The van der Waals surface area contributed by atoms with Gasteiger partial charge in [-0.3, -0.25) is 0 Å². The minimum Gasteiger partial charge on any atom is -0.487 e. The summed E-state index contributed by atoms with van der Waals surface area (Å²) in [6.45, 7) is 6.57. The second kappa shape index (κ2) is 5.32. The van der Waals surface area contributed by atoms with Crippen LogP contribution in [0, 0.1) is 0 Å². The normalized spacial score (nSPS) is 25.6. The number of rotatable bonds is 1. The molecule has 1 N–H and O–H groups in total. The van der Waals surface area contributed by atoms with Crippen LogP contribution in [0.25, 0.3) is 0 Å². The second-order valence-electron chi connectivity index (χ2n) is 6.32. The first-order valence-electron chi connectivity index (χ1n) is 7.40. The number of piperidine rings is 1. The molecule has 3 rings (SSSR count). The van der Waals surface area contributed by atoms with Gasteiger partial charge in [-0.15, -0.1) is 0 Å². The molecule has 110 valence electrons. The lowest BCUT2D eigenvalue weighted by atomic mass is 9.81. The SMILES string of the molecule is CC(C)N1CCC2(CC1)C[C@@H](O)c1ccc(Br)cc1O2. The molecule has 4 heteroatoms. The highest BCUT2D eigenvalue weighted by Gasteiger charge is 2.43. The van der Waals surface area contributed by atoms with Gasteiger partial charge in [-0.05, 0) is 38.8 Å². The van der Waals surface area contributed by atoms with Crippen molar-refractivity contribution in [3.63, 3.8) is 0 Å². The molecule has 0 unspecified atom stereocenters. The molecule has 2 heterocycles. The quantitative estimate of drug-likeness (QED) is 0.849. The number of benzene rings is 1. The molecular weight excluding hydrogens is 318 g/mol. The van der Waals surface area contributed by atoms with E-state index in [-0.39, 0.29) is 5.60 Å². The third kappa shape index (κ3) is 2.61. The summed E-state index contributed by atoms with van der Waals surface area (Å²) in [7, 11) is 0. The highest BCUT2D eigenvalue weighted by Crippen LogP contribution is 2.45. The fourth-order valence-electron chi connectivity index (χ4n) is 3.36. The number of ether oxygens (including phenoxy) is 1. The van der Waals surface area contributed by atoms with Crippen LogP contribution in [0.4, 0.5) is 0 Å². The zero-order chi connectivity index (χ0) is 14.3. The van der Waals surface area contributed by atoms with Crippen molar-refractivity contribution in [2.45, 2.75) is 50.9 Å². The third-order valence-corrected chi connectivity index (χ3v) is 5.16. The van der Waals surface area contributed by atoms with Gasteiger partial charge in [0.2, 0.25) is 0 Å². The summed E-state index contributed by atoms with van der Waals surface area (Å²) in [4.78, 5) is 2.48. The fraction of sp³-hybridized carbons (Fsp3) is 0.625. The standard InChI is InChI=1S/C16H22BrNO2/c1-11(2)18-7-5-16(6-8-18)10-14(19)13-4-3-12(17)9-15(13)20-16/h3-4,9,11,14,19H,5-8,10H2,1-2H3/t14-/m1/s1. The van der Waals surface area contributed by atoms with E-state index in [1.165, 1.54) is 0 Å². The molecule has 2 aliphatic heterocycles. The van der Waals surface area contributed by atoms with E-state index >= 15 is 0 Å². The van der Waals surface area contributed by atoms with E-state index in [1.54, 1.807) is 0 Å². The Morgan fingerprint density at radius 1 is 1.35 bits per heavy atom. The van der Waals surface area contributed by atoms with Gasteiger partial charge in [0.1, 0.15) is 11.4 Å². The van der Waals surface area contributed by atoms with Crippen LogP contribution >= 0.6 is 15.9 Å². The van der Waals surface area contributed by atoms with Crippen LogP contribution in [0.2, 0.25) is 0 Å². The van der Waals surface area contributed by atoms with Crippen molar-refractivity contribution in [3.8, 4) is 5.75 Å². The van der Waals surface area contributed by atoms with E-state index in [0.29, 0.717) is 12.5 Å². The van der Waals surface area contributed by atoms with Gasteiger partial charge in [-0.25, -0.2) is 0 Å². The lowest BCUT2D eigenvalue weighted by Gasteiger charge is -2.46. The van der Waals surface area contributed by atoms with Crippen molar-refractivity contribution < 1.29 is 9.84 Å². The van der Waals surface area contributed by atoms with Crippen molar-refractivity contribution in [1.29, 1.82) is 0 Å². The molecular formula is C16H22BrNO2. The Labute approximate surface area is 129 Å². The van der Waals surface area contributed by atoms with Gasteiger partial charge in [0.15, 0.2) is 0 Å². The maximum absolute atomic E-state index is 10.4. The smallest absolute Gasteiger partial charge is 0.127 e. The first-order valence-corrected chi connectivity index (χ1v) is 8.19. The fourth-order valence-corrected chi connectivity index (χ4v) is 3.70. The van der Waals surface area contributed by atoms with Crippen molar-refractivity contribution in [2.24, 2.45) is 0 Å². The van der Waals surface area contributed by atoms with Crippen LogP contribution in [-0.4, -0.2) is 34.7 Å². The molecule has 3 nitrogen and oxygen atoms in total. The molecule has 1 aromatic rings. The van der Waals surface area contributed by atoms with Gasteiger partial charge >= 0.3 is 0 Å². The largest absolute Gasteiger partial charge is 0.487 e. The molecule has 0 saturated carbocycles. The number of hydrogen-bond donors (Lipinski definition) is 1. The van der Waals surface area contributed by atoms with Crippen LogP contribution in [0.1, 0.15) is 44.8 Å². The maximum atomic E-state index is 10.4. The van der Waals surface area contributed by atoms with Gasteiger partial charge in [0, 0.05) is 35.6 Å². The first-order chi connectivity index (χ1) is 9.49. The number of halogens is 1. The molecule has 1 fully saturated rings. The number of aliphatic hydroxyl groups excluding tert-OH is 1. The summed E-state index contributed by atoms with van der Waals surface area (Å²) in [5.41, 5.74) is 0.739. The molecule has 0 radical (unpaired) electrons. The highest BCUT2D eigenvalue weighted by atomic mass is 79.9. The first kappa shape index (κ1) is 14.4. The predicted octanol–water partition coefficient (Wildman–Crippen LogP) is 3.51. The van der Waals surface area contributed by atoms with Gasteiger partial charge < -0.3 is 14.7 Å². The van der Waals surface area contributed by atoms with Gasteiger partial charge in [-0.1, -0.05) is 22.0 Å².